The third-order valence-electron chi connectivity index (χ3n) is 3.50. The lowest BCUT2D eigenvalue weighted by molar-refractivity contribution is 0.0328. The third-order valence-corrected chi connectivity index (χ3v) is 3.50. The molecule has 1 aromatic carbocycles. The minimum Gasteiger partial charge on any atom is -0.382 e. The summed E-state index contributed by atoms with van der Waals surface area (Å²) in [5.41, 5.74) is 2.89. The quantitative estimate of drug-likeness (QED) is 0.856. The zero-order valence-corrected chi connectivity index (χ0v) is 11.1. The fourth-order valence-corrected chi connectivity index (χ4v) is 2.21. The summed E-state index contributed by atoms with van der Waals surface area (Å²) in [5.74, 6) is -0.0484. The summed E-state index contributed by atoms with van der Waals surface area (Å²) in [6.07, 6.45) is 2.49. The minimum atomic E-state index is -0.0484. The summed E-state index contributed by atoms with van der Waals surface area (Å²) in [7, 11) is 3.40. The van der Waals surface area contributed by atoms with Gasteiger partial charge in [0.25, 0.3) is 5.91 Å². The van der Waals surface area contributed by atoms with Crippen LogP contribution in [0.5, 0.6) is 0 Å². The van der Waals surface area contributed by atoms with Crippen molar-refractivity contribution in [3.63, 3.8) is 0 Å². The van der Waals surface area contributed by atoms with Gasteiger partial charge in [-0.15, -0.1) is 0 Å². The lowest BCUT2D eigenvalue weighted by atomic mass is 9.89. The summed E-state index contributed by atoms with van der Waals surface area (Å²) in [5, 5.41) is 6.11. The van der Waals surface area contributed by atoms with Crippen LogP contribution in [0, 0.1) is 6.92 Å². The number of anilines is 1. The molecular formula is C14H20N2O2. The van der Waals surface area contributed by atoms with Crippen LogP contribution in [0.25, 0.3) is 0 Å². The zero-order chi connectivity index (χ0) is 13.1. The SMILES string of the molecule is CNC(=O)c1ccc(NC2CC(OC)C2)c(C)c1. The largest absolute Gasteiger partial charge is 0.382 e. The van der Waals surface area contributed by atoms with E-state index in [2.05, 4.69) is 10.6 Å². The number of ether oxygens (including phenoxy) is 1. The average Bonchev–Trinajstić information content (AvgIpc) is 2.33. The van der Waals surface area contributed by atoms with E-state index in [1.165, 1.54) is 0 Å². The summed E-state index contributed by atoms with van der Waals surface area (Å²) >= 11 is 0. The van der Waals surface area contributed by atoms with Crippen LogP contribution < -0.4 is 10.6 Å². The number of benzene rings is 1. The van der Waals surface area contributed by atoms with Crippen LogP contribution in [0.4, 0.5) is 5.69 Å². The smallest absolute Gasteiger partial charge is 0.251 e. The second-order valence-corrected chi connectivity index (χ2v) is 4.78. The van der Waals surface area contributed by atoms with Crippen LogP contribution in [0.15, 0.2) is 18.2 Å². The molecule has 0 spiro atoms. The van der Waals surface area contributed by atoms with Gasteiger partial charge in [-0.05, 0) is 43.5 Å². The van der Waals surface area contributed by atoms with Crippen molar-refractivity contribution < 1.29 is 9.53 Å². The number of nitrogens with one attached hydrogen (secondary N) is 2. The Morgan fingerprint density at radius 3 is 2.67 bits per heavy atom. The van der Waals surface area contributed by atoms with E-state index in [1.54, 1.807) is 14.2 Å². The number of methoxy groups -OCH3 is 1. The van der Waals surface area contributed by atoms with Crippen molar-refractivity contribution in [1.29, 1.82) is 0 Å². The van der Waals surface area contributed by atoms with E-state index >= 15 is 0 Å². The molecule has 1 fully saturated rings. The number of carbonyl (C=O) groups is 1. The summed E-state index contributed by atoms with van der Waals surface area (Å²) in [4.78, 5) is 11.5. The second-order valence-electron chi connectivity index (χ2n) is 4.78. The van der Waals surface area contributed by atoms with E-state index in [0.717, 1.165) is 24.1 Å². The Hall–Kier alpha value is -1.55. The fourth-order valence-electron chi connectivity index (χ4n) is 2.21. The van der Waals surface area contributed by atoms with Crippen molar-refractivity contribution in [2.45, 2.75) is 31.9 Å². The van der Waals surface area contributed by atoms with E-state index in [0.29, 0.717) is 17.7 Å². The number of amides is 1. The molecular weight excluding hydrogens is 228 g/mol. The van der Waals surface area contributed by atoms with Gasteiger partial charge in [0.2, 0.25) is 0 Å². The Balaban J connectivity index is 2.00. The van der Waals surface area contributed by atoms with Crippen molar-refractivity contribution in [2.75, 3.05) is 19.5 Å². The lowest BCUT2D eigenvalue weighted by Crippen LogP contribution is -2.40. The molecule has 1 saturated carbocycles. The van der Waals surface area contributed by atoms with Crippen LogP contribution in [0.3, 0.4) is 0 Å². The molecule has 0 aliphatic heterocycles. The first-order valence-corrected chi connectivity index (χ1v) is 6.26. The van der Waals surface area contributed by atoms with Gasteiger partial charge in [-0.1, -0.05) is 0 Å². The van der Waals surface area contributed by atoms with Gasteiger partial charge < -0.3 is 15.4 Å². The van der Waals surface area contributed by atoms with Gasteiger partial charge in [-0.2, -0.15) is 0 Å². The third kappa shape index (κ3) is 2.64. The van der Waals surface area contributed by atoms with E-state index in [4.69, 9.17) is 4.74 Å². The molecule has 0 bridgehead atoms. The molecule has 98 valence electrons. The van der Waals surface area contributed by atoms with Crippen molar-refractivity contribution in [3.05, 3.63) is 29.3 Å². The van der Waals surface area contributed by atoms with Gasteiger partial charge in [0.15, 0.2) is 0 Å². The molecule has 0 heterocycles. The van der Waals surface area contributed by atoms with Gasteiger partial charge >= 0.3 is 0 Å². The molecule has 0 unspecified atom stereocenters. The van der Waals surface area contributed by atoms with E-state index < -0.39 is 0 Å². The van der Waals surface area contributed by atoms with Crippen LogP contribution >= 0.6 is 0 Å². The van der Waals surface area contributed by atoms with Crippen LogP contribution in [-0.2, 0) is 4.74 Å². The molecule has 2 N–H and O–H groups in total. The molecule has 4 heteroatoms. The van der Waals surface area contributed by atoms with Gasteiger partial charge in [0.1, 0.15) is 0 Å². The number of carbonyl (C=O) groups excluding carboxylic acids is 1. The van der Waals surface area contributed by atoms with Crippen LogP contribution in [-0.4, -0.2) is 32.2 Å². The highest BCUT2D eigenvalue weighted by atomic mass is 16.5. The van der Waals surface area contributed by atoms with Gasteiger partial charge in [-0.25, -0.2) is 0 Å². The van der Waals surface area contributed by atoms with Crippen molar-refractivity contribution in [1.82, 2.24) is 5.32 Å². The number of aryl methyl sites for hydroxylation is 1. The maximum absolute atomic E-state index is 11.5. The zero-order valence-electron chi connectivity index (χ0n) is 11.1. The monoisotopic (exact) mass is 248 g/mol. The Morgan fingerprint density at radius 2 is 2.11 bits per heavy atom. The molecule has 1 aliphatic carbocycles. The molecule has 1 aromatic rings. The number of rotatable bonds is 4. The minimum absolute atomic E-state index is 0.0484. The predicted molar refractivity (Wildman–Crippen MR) is 72.0 cm³/mol. The van der Waals surface area contributed by atoms with Gasteiger partial charge in [0.05, 0.1) is 6.10 Å². The van der Waals surface area contributed by atoms with Crippen molar-refractivity contribution in [3.8, 4) is 0 Å². The maximum atomic E-state index is 11.5. The van der Waals surface area contributed by atoms with Crippen molar-refractivity contribution >= 4 is 11.6 Å². The second kappa shape index (κ2) is 5.40. The van der Waals surface area contributed by atoms with Crippen LogP contribution in [0.2, 0.25) is 0 Å². The van der Waals surface area contributed by atoms with Gasteiger partial charge in [0, 0.05) is 31.5 Å². The van der Waals surface area contributed by atoms with E-state index in [9.17, 15) is 4.79 Å². The van der Waals surface area contributed by atoms with E-state index in [1.807, 2.05) is 25.1 Å². The average molecular weight is 248 g/mol. The first kappa shape index (κ1) is 12.9. The Morgan fingerprint density at radius 1 is 1.39 bits per heavy atom. The topological polar surface area (TPSA) is 50.4 Å². The number of hydrogen-bond donors (Lipinski definition) is 2. The fraction of sp³-hybridized carbons (Fsp3) is 0.500. The summed E-state index contributed by atoms with van der Waals surface area (Å²) in [6, 6.07) is 6.22. The summed E-state index contributed by atoms with van der Waals surface area (Å²) < 4.78 is 5.26. The van der Waals surface area contributed by atoms with Gasteiger partial charge in [-0.3, -0.25) is 4.79 Å². The molecule has 0 saturated heterocycles. The van der Waals surface area contributed by atoms with Crippen molar-refractivity contribution in [2.24, 2.45) is 0 Å². The maximum Gasteiger partial charge on any atom is 0.251 e. The number of hydrogen-bond acceptors (Lipinski definition) is 3. The highest BCUT2D eigenvalue weighted by molar-refractivity contribution is 5.94. The molecule has 1 aliphatic rings. The highest BCUT2D eigenvalue weighted by Crippen LogP contribution is 2.27. The standard InChI is InChI=1S/C14H20N2O2/c1-9-6-10(14(17)15-2)4-5-13(9)16-11-7-12(8-11)18-3/h4-6,11-12,16H,7-8H2,1-3H3,(H,15,17). The molecule has 0 atom stereocenters. The first-order chi connectivity index (χ1) is 8.63. The van der Waals surface area contributed by atoms with E-state index in [-0.39, 0.29) is 5.91 Å². The molecule has 0 aromatic heterocycles. The molecule has 1 amide bonds. The molecule has 18 heavy (non-hydrogen) atoms. The summed E-state index contributed by atoms with van der Waals surface area (Å²) in [6.45, 7) is 2.02. The predicted octanol–water partition coefficient (Wildman–Crippen LogP) is 1.94. The first-order valence-electron chi connectivity index (χ1n) is 6.26. The molecule has 2 rings (SSSR count). The van der Waals surface area contributed by atoms with Crippen LogP contribution in [0.1, 0.15) is 28.8 Å². The lowest BCUT2D eigenvalue weighted by Gasteiger charge is -2.35. The normalized spacial score (nSPS) is 22.2. The Kier molecular flexibility index (Phi) is 3.87. The molecule has 0 radical (unpaired) electrons. The highest BCUT2D eigenvalue weighted by Gasteiger charge is 2.28. The Labute approximate surface area is 108 Å². The molecule has 4 nitrogen and oxygen atoms in total. The Bertz CT molecular complexity index is 439.